The summed E-state index contributed by atoms with van der Waals surface area (Å²) in [6.45, 7) is -0.0792. The van der Waals surface area contributed by atoms with E-state index in [0.717, 1.165) is 0 Å². The van der Waals surface area contributed by atoms with E-state index in [-0.39, 0.29) is 28.5 Å². The van der Waals surface area contributed by atoms with Gasteiger partial charge in [0.05, 0.1) is 5.02 Å². The molecule has 108 valence electrons. The van der Waals surface area contributed by atoms with Crippen LogP contribution >= 0.6 is 11.6 Å². The lowest BCUT2D eigenvalue weighted by atomic mass is 10.2. The Morgan fingerprint density at radius 1 is 1.19 bits per heavy atom. The van der Waals surface area contributed by atoms with Gasteiger partial charge in [0.2, 0.25) is 0 Å². The summed E-state index contributed by atoms with van der Waals surface area (Å²) < 4.78 is 13.6. The van der Waals surface area contributed by atoms with E-state index >= 15 is 0 Å². The molecule has 7 heteroatoms. The second-order valence-electron chi connectivity index (χ2n) is 4.11. The standard InChI is InChI=1S/C14H10ClFN2O3/c15-9-4-1-3-8(12(9)16)7-17-13(19)10-5-2-6-11(18-10)14(20)21/h1-6H,7H2,(H,17,19)(H,20,21). The Morgan fingerprint density at radius 2 is 1.86 bits per heavy atom. The second-order valence-corrected chi connectivity index (χ2v) is 4.52. The van der Waals surface area contributed by atoms with Crippen LogP contribution in [0.3, 0.4) is 0 Å². The van der Waals surface area contributed by atoms with Crippen molar-refractivity contribution >= 4 is 23.5 Å². The summed E-state index contributed by atoms with van der Waals surface area (Å²) in [5.74, 6) is -2.44. The van der Waals surface area contributed by atoms with E-state index in [0.29, 0.717) is 0 Å². The number of rotatable bonds is 4. The number of carboxylic acids is 1. The Hall–Kier alpha value is -2.47. The molecule has 21 heavy (non-hydrogen) atoms. The topological polar surface area (TPSA) is 79.3 Å². The average molecular weight is 309 g/mol. The number of nitrogens with one attached hydrogen (secondary N) is 1. The second kappa shape index (κ2) is 6.32. The van der Waals surface area contributed by atoms with Gasteiger partial charge in [-0.3, -0.25) is 4.79 Å². The molecule has 0 bridgehead atoms. The predicted molar refractivity (Wildman–Crippen MR) is 73.8 cm³/mol. The van der Waals surface area contributed by atoms with Gasteiger partial charge in [-0.15, -0.1) is 0 Å². The van der Waals surface area contributed by atoms with Gasteiger partial charge < -0.3 is 10.4 Å². The molecule has 2 rings (SSSR count). The maximum absolute atomic E-state index is 13.6. The van der Waals surface area contributed by atoms with Gasteiger partial charge in [0.1, 0.15) is 17.2 Å². The molecule has 5 nitrogen and oxygen atoms in total. The van der Waals surface area contributed by atoms with Gasteiger partial charge in [-0.05, 0) is 18.2 Å². The number of benzene rings is 1. The normalized spacial score (nSPS) is 10.2. The van der Waals surface area contributed by atoms with Crippen molar-refractivity contribution < 1.29 is 19.1 Å². The molecule has 0 atom stereocenters. The molecule has 0 saturated carbocycles. The molecule has 0 unspecified atom stereocenters. The SMILES string of the molecule is O=C(O)c1cccc(C(=O)NCc2cccc(Cl)c2F)n1. The number of aromatic nitrogens is 1. The fourth-order valence-corrected chi connectivity index (χ4v) is 1.83. The Kier molecular flexibility index (Phi) is 4.49. The third kappa shape index (κ3) is 3.55. The number of carboxylic acid groups (broad SMARTS) is 1. The predicted octanol–water partition coefficient (Wildman–Crippen LogP) is 2.50. The molecule has 1 amide bonds. The van der Waals surface area contributed by atoms with Crippen molar-refractivity contribution in [2.45, 2.75) is 6.54 Å². The number of nitrogens with zero attached hydrogens (tertiary/aromatic N) is 1. The van der Waals surface area contributed by atoms with Crippen molar-refractivity contribution in [3.63, 3.8) is 0 Å². The zero-order valence-corrected chi connectivity index (χ0v) is 11.4. The van der Waals surface area contributed by atoms with Crippen molar-refractivity contribution in [3.8, 4) is 0 Å². The van der Waals surface area contributed by atoms with Crippen molar-refractivity contribution in [1.82, 2.24) is 10.3 Å². The zero-order valence-electron chi connectivity index (χ0n) is 10.6. The van der Waals surface area contributed by atoms with E-state index in [4.69, 9.17) is 16.7 Å². The van der Waals surface area contributed by atoms with Gasteiger partial charge in [-0.1, -0.05) is 29.8 Å². The lowest BCUT2D eigenvalue weighted by molar-refractivity contribution is 0.0690. The molecule has 0 radical (unpaired) electrons. The zero-order chi connectivity index (χ0) is 15.4. The van der Waals surface area contributed by atoms with Crippen molar-refractivity contribution in [2.75, 3.05) is 0 Å². The summed E-state index contributed by atoms with van der Waals surface area (Å²) in [5, 5.41) is 11.2. The van der Waals surface area contributed by atoms with Crippen LogP contribution < -0.4 is 5.32 Å². The maximum atomic E-state index is 13.6. The van der Waals surface area contributed by atoms with Crippen LogP contribution in [0.4, 0.5) is 4.39 Å². The molecule has 1 heterocycles. The van der Waals surface area contributed by atoms with Crippen molar-refractivity contribution in [2.24, 2.45) is 0 Å². The maximum Gasteiger partial charge on any atom is 0.354 e. The smallest absolute Gasteiger partial charge is 0.354 e. The Morgan fingerprint density at radius 3 is 2.57 bits per heavy atom. The van der Waals surface area contributed by atoms with Crippen LogP contribution in [-0.2, 0) is 6.54 Å². The molecule has 0 aliphatic rings. The summed E-state index contributed by atoms with van der Waals surface area (Å²) in [4.78, 5) is 26.3. The van der Waals surface area contributed by atoms with Gasteiger partial charge in [0, 0.05) is 12.1 Å². The molecule has 0 saturated heterocycles. The highest BCUT2D eigenvalue weighted by Gasteiger charge is 2.12. The number of carbonyl (C=O) groups is 2. The fraction of sp³-hybridized carbons (Fsp3) is 0.0714. The molecule has 1 aromatic heterocycles. The highest BCUT2D eigenvalue weighted by molar-refractivity contribution is 6.30. The summed E-state index contributed by atoms with van der Waals surface area (Å²) in [5.41, 5.74) is -0.0702. The highest BCUT2D eigenvalue weighted by atomic mass is 35.5. The minimum absolute atomic E-state index is 0.0345. The number of hydrogen-bond acceptors (Lipinski definition) is 3. The summed E-state index contributed by atoms with van der Waals surface area (Å²) in [7, 11) is 0. The van der Waals surface area contributed by atoms with Gasteiger partial charge in [0.15, 0.2) is 0 Å². The third-order valence-electron chi connectivity index (χ3n) is 2.67. The third-order valence-corrected chi connectivity index (χ3v) is 2.96. The molecular formula is C14H10ClFN2O3. The van der Waals surface area contributed by atoms with E-state index in [2.05, 4.69) is 10.3 Å². The lowest BCUT2D eigenvalue weighted by Crippen LogP contribution is -2.25. The highest BCUT2D eigenvalue weighted by Crippen LogP contribution is 2.17. The van der Waals surface area contributed by atoms with Crippen LogP contribution in [-0.4, -0.2) is 22.0 Å². The van der Waals surface area contributed by atoms with Crippen molar-refractivity contribution in [3.05, 3.63) is 64.2 Å². The summed E-state index contributed by atoms with van der Waals surface area (Å²) >= 11 is 5.64. The molecule has 0 spiro atoms. The van der Waals surface area contributed by atoms with Gasteiger partial charge in [0.25, 0.3) is 5.91 Å². The summed E-state index contributed by atoms with van der Waals surface area (Å²) in [6.07, 6.45) is 0. The molecule has 0 fully saturated rings. The number of hydrogen-bond donors (Lipinski definition) is 2. The van der Waals surface area contributed by atoms with Crippen molar-refractivity contribution in [1.29, 1.82) is 0 Å². The quantitative estimate of drug-likeness (QED) is 0.909. The average Bonchev–Trinajstić information content (AvgIpc) is 2.48. The van der Waals surface area contributed by atoms with Gasteiger partial charge >= 0.3 is 5.97 Å². The van der Waals surface area contributed by atoms with Crippen LogP contribution in [0.5, 0.6) is 0 Å². The Labute approximate surface area is 124 Å². The molecular weight excluding hydrogens is 299 g/mol. The van der Waals surface area contributed by atoms with E-state index < -0.39 is 17.7 Å². The first-order valence-electron chi connectivity index (χ1n) is 5.90. The van der Waals surface area contributed by atoms with E-state index in [1.54, 1.807) is 6.07 Å². The molecule has 1 aromatic carbocycles. The van der Waals surface area contributed by atoms with Gasteiger partial charge in [-0.2, -0.15) is 0 Å². The molecule has 2 aromatic rings. The number of halogens is 2. The first kappa shape index (κ1) is 14.9. The molecule has 0 aliphatic carbocycles. The van der Waals surface area contributed by atoms with Crippen LogP contribution in [0.1, 0.15) is 26.5 Å². The van der Waals surface area contributed by atoms with E-state index in [1.165, 1.54) is 30.3 Å². The number of carbonyl (C=O) groups excluding carboxylic acids is 1. The molecule has 2 N–H and O–H groups in total. The Balaban J connectivity index is 2.10. The largest absolute Gasteiger partial charge is 0.477 e. The minimum Gasteiger partial charge on any atom is -0.477 e. The molecule has 0 aliphatic heterocycles. The van der Waals surface area contributed by atoms with Crippen LogP contribution in [0.15, 0.2) is 36.4 Å². The van der Waals surface area contributed by atoms with E-state index in [9.17, 15) is 14.0 Å². The minimum atomic E-state index is -1.23. The number of amides is 1. The Bertz CT molecular complexity index is 706. The first-order valence-corrected chi connectivity index (χ1v) is 6.28. The fourth-order valence-electron chi connectivity index (χ4n) is 1.63. The van der Waals surface area contributed by atoms with Crippen LogP contribution in [0.2, 0.25) is 5.02 Å². The summed E-state index contributed by atoms with van der Waals surface area (Å²) in [6, 6.07) is 8.51. The number of aromatic carboxylic acids is 1. The van der Waals surface area contributed by atoms with Crippen LogP contribution in [0.25, 0.3) is 0 Å². The number of pyridine rings is 1. The monoisotopic (exact) mass is 308 g/mol. The van der Waals surface area contributed by atoms with Gasteiger partial charge in [-0.25, -0.2) is 14.2 Å². The first-order chi connectivity index (χ1) is 9.99. The van der Waals surface area contributed by atoms with E-state index in [1.807, 2.05) is 0 Å². The van der Waals surface area contributed by atoms with Crippen LogP contribution in [0, 0.1) is 5.82 Å². The lowest BCUT2D eigenvalue weighted by Gasteiger charge is -2.07.